The number of ether oxygens (including phenoxy) is 2. The van der Waals surface area contributed by atoms with Gasteiger partial charge < -0.3 is 24.8 Å². The number of carbonyl (C=O) groups excluding carboxylic acids is 2. The van der Waals surface area contributed by atoms with Gasteiger partial charge in [-0.2, -0.15) is 5.10 Å². The van der Waals surface area contributed by atoms with Crippen molar-refractivity contribution in [2.75, 3.05) is 29.9 Å². The fourth-order valence-electron chi connectivity index (χ4n) is 5.33. The first-order valence-electron chi connectivity index (χ1n) is 15.4. The number of benzene rings is 1. The van der Waals surface area contributed by atoms with Gasteiger partial charge in [0.15, 0.2) is 11.5 Å². The van der Waals surface area contributed by atoms with Gasteiger partial charge in [0.2, 0.25) is 0 Å². The molecule has 248 valence electrons. The van der Waals surface area contributed by atoms with Crippen LogP contribution in [0, 0.1) is 0 Å². The van der Waals surface area contributed by atoms with Gasteiger partial charge in [-0.05, 0) is 52.3 Å². The molecule has 15 heteroatoms. The van der Waals surface area contributed by atoms with Crippen LogP contribution in [0.15, 0.2) is 30.7 Å². The number of halogens is 1. The van der Waals surface area contributed by atoms with Gasteiger partial charge >= 0.3 is 6.09 Å². The molecular formula is C31H43ClN8O5Si. The number of nitrogens with zero attached hydrogens (tertiary/aromatic N) is 6. The van der Waals surface area contributed by atoms with E-state index >= 15 is 0 Å². The molecule has 0 radical (unpaired) electrons. The molecule has 0 spiro atoms. The number of hydrogen-bond acceptors (Lipinski definition) is 9. The van der Waals surface area contributed by atoms with Crippen molar-refractivity contribution in [3.05, 3.63) is 46.9 Å². The molecule has 0 aliphatic carbocycles. The smallest absolute Gasteiger partial charge is 0.413 e. The Morgan fingerprint density at radius 1 is 1.24 bits per heavy atom. The number of hydrogen-bond donors (Lipinski definition) is 3. The van der Waals surface area contributed by atoms with Crippen LogP contribution < -0.4 is 15.5 Å². The standard InChI is InChI=1S/C31H43ClN8O5Si/c1-19(34-29(42)24-27(35-30(43)45-31(2,3)4)37-40-11-8-10-33-28(24)40)21-15-23(32)22-17-39(18-44-13-14-46(5,6)7)36-25(22)26(21)38-12-9-20(41)16-38/h8,10-11,15,17,19-20,41H,9,12-14,16,18H2,1-7H3,(H,34,42)(H,35,37,43). The largest absolute Gasteiger partial charge is 0.444 e. The van der Waals surface area contributed by atoms with Gasteiger partial charge in [0.25, 0.3) is 5.91 Å². The summed E-state index contributed by atoms with van der Waals surface area (Å²) in [7, 11) is -1.24. The topological polar surface area (TPSA) is 148 Å². The van der Waals surface area contributed by atoms with Gasteiger partial charge in [-0.15, -0.1) is 5.10 Å². The highest BCUT2D eigenvalue weighted by Crippen LogP contribution is 2.40. The van der Waals surface area contributed by atoms with Crippen molar-refractivity contribution in [1.82, 2.24) is 29.7 Å². The van der Waals surface area contributed by atoms with Crippen molar-refractivity contribution in [3.63, 3.8) is 0 Å². The minimum atomic E-state index is -1.24. The average molecular weight is 671 g/mol. The number of carbonyl (C=O) groups is 2. The fraction of sp³-hybridized carbons (Fsp3) is 0.516. The molecule has 1 aromatic carbocycles. The molecule has 3 N–H and O–H groups in total. The second-order valence-corrected chi connectivity index (χ2v) is 19.9. The molecule has 2 atom stereocenters. The van der Waals surface area contributed by atoms with Gasteiger partial charge in [0, 0.05) is 57.3 Å². The lowest BCUT2D eigenvalue weighted by Gasteiger charge is -2.26. The molecular weight excluding hydrogens is 628 g/mol. The summed E-state index contributed by atoms with van der Waals surface area (Å²) < 4.78 is 14.5. The number of nitrogens with one attached hydrogen (secondary N) is 2. The second-order valence-electron chi connectivity index (χ2n) is 13.9. The van der Waals surface area contributed by atoms with E-state index in [9.17, 15) is 14.7 Å². The molecule has 2 unspecified atom stereocenters. The Hall–Kier alpha value is -3.72. The van der Waals surface area contributed by atoms with Crippen molar-refractivity contribution in [1.29, 1.82) is 0 Å². The van der Waals surface area contributed by atoms with E-state index in [0.717, 1.165) is 22.7 Å². The lowest BCUT2D eigenvalue weighted by molar-refractivity contribution is 0.0635. The maximum atomic E-state index is 13.9. The molecule has 3 aromatic heterocycles. The van der Waals surface area contributed by atoms with Gasteiger partial charge in [-0.25, -0.2) is 19.0 Å². The highest BCUT2D eigenvalue weighted by molar-refractivity contribution is 6.76. The molecule has 1 fully saturated rings. The van der Waals surface area contributed by atoms with Crippen LogP contribution in [0.2, 0.25) is 30.7 Å². The third-order valence-electron chi connectivity index (χ3n) is 7.55. The maximum absolute atomic E-state index is 13.9. The summed E-state index contributed by atoms with van der Waals surface area (Å²) in [5.74, 6) is -0.487. The summed E-state index contributed by atoms with van der Waals surface area (Å²) >= 11 is 6.84. The van der Waals surface area contributed by atoms with E-state index < -0.39 is 37.8 Å². The van der Waals surface area contributed by atoms with Crippen LogP contribution in [-0.4, -0.2) is 81.0 Å². The lowest BCUT2D eigenvalue weighted by atomic mass is 10.0. The summed E-state index contributed by atoms with van der Waals surface area (Å²) in [6.07, 6.45) is 4.43. The van der Waals surface area contributed by atoms with Gasteiger partial charge in [0.1, 0.15) is 23.4 Å². The third-order valence-corrected chi connectivity index (χ3v) is 9.57. The van der Waals surface area contributed by atoms with E-state index in [1.165, 1.54) is 4.52 Å². The Morgan fingerprint density at radius 3 is 2.67 bits per heavy atom. The van der Waals surface area contributed by atoms with Crippen LogP contribution >= 0.6 is 11.6 Å². The van der Waals surface area contributed by atoms with Crippen LogP contribution in [0.1, 0.15) is 56.1 Å². The second kappa shape index (κ2) is 13.2. The van der Waals surface area contributed by atoms with Crippen molar-refractivity contribution in [2.24, 2.45) is 0 Å². The van der Waals surface area contributed by atoms with Gasteiger partial charge in [0.05, 0.1) is 22.9 Å². The zero-order chi connectivity index (χ0) is 33.4. The Kier molecular flexibility index (Phi) is 9.64. The van der Waals surface area contributed by atoms with Crippen molar-refractivity contribution in [3.8, 4) is 0 Å². The number of aromatic nitrogens is 5. The van der Waals surface area contributed by atoms with E-state index in [2.05, 4.69) is 45.3 Å². The Bertz CT molecular complexity index is 1740. The SMILES string of the molecule is CC(NC(=O)c1c(NC(=O)OC(C)(C)C)nn2cccnc12)c1cc(Cl)c2cn(COCC[Si](C)(C)C)nc2c1N1CCC(O)C1. The summed E-state index contributed by atoms with van der Waals surface area (Å²) in [5, 5.41) is 26.6. The summed E-state index contributed by atoms with van der Waals surface area (Å²) in [6.45, 7) is 16.0. The van der Waals surface area contributed by atoms with Crippen molar-refractivity contribution < 1.29 is 24.2 Å². The lowest BCUT2D eigenvalue weighted by Crippen LogP contribution is -2.31. The molecule has 5 rings (SSSR count). The number of aliphatic hydroxyl groups is 1. The van der Waals surface area contributed by atoms with Crippen molar-refractivity contribution >= 4 is 59.7 Å². The predicted octanol–water partition coefficient (Wildman–Crippen LogP) is 5.45. The number of rotatable bonds is 10. The molecule has 2 amide bonds. The minimum Gasteiger partial charge on any atom is -0.444 e. The zero-order valence-electron chi connectivity index (χ0n) is 27.4. The fourth-order valence-corrected chi connectivity index (χ4v) is 6.34. The molecule has 4 heterocycles. The molecule has 1 saturated heterocycles. The van der Waals surface area contributed by atoms with Crippen molar-refractivity contribution in [2.45, 2.75) is 84.3 Å². The zero-order valence-corrected chi connectivity index (χ0v) is 29.2. The average Bonchev–Trinajstić information content (AvgIpc) is 3.66. The number of amides is 2. The summed E-state index contributed by atoms with van der Waals surface area (Å²) in [6, 6.07) is 3.99. The molecule has 1 aliphatic rings. The van der Waals surface area contributed by atoms with Crippen LogP contribution in [0.5, 0.6) is 0 Å². The van der Waals surface area contributed by atoms with E-state index in [0.29, 0.717) is 36.7 Å². The van der Waals surface area contributed by atoms with Crippen LogP contribution in [0.3, 0.4) is 0 Å². The highest BCUT2D eigenvalue weighted by Gasteiger charge is 2.31. The highest BCUT2D eigenvalue weighted by atomic mass is 35.5. The molecule has 46 heavy (non-hydrogen) atoms. The first-order valence-corrected chi connectivity index (χ1v) is 19.5. The molecule has 13 nitrogen and oxygen atoms in total. The first-order chi connectivity index (χ1) is 21.6. The number of β-amino-alcohol motifs (C(OH)–C–C–N with tert-alkyl or cyclic N) is 1. The minimum absolute atomic E-state index is 0.0156. The van der Waals surface area contributed by atoms with E-state index in [1.54, 1.807) is 43.9 Å². The quantitative estimate of drug-likeness (QED) is 0.148. The molecule has 0 saturated carbocycles. The van der Waals surface area contributed by atoms with E-state index in [-0.39, 0.29) is 23.8 Å². The van der Waals surface area contributed by atoms with E-state index in [1.807, 2.05) is 19.2 Å². The van der Waals surface area contributed by atoms with E-state index in [4.69, 9.17) is 26.2 Å². The third kappa shape index (κ3) is 7.80. The number of anilines is 2. The summed E-state index contributed by atoms with van der Waals surface area (Å²) in [4.78, 5) is 33.0. The van der Waals surface area contributed by atoms with Crippen LogP contribution in [0.25, 0.3) is 16.6 Å². The van der Waals surface area contributed by atoms with Crippen LogP contribution in [-0.2, 0) is 16.2 Å². The number of fused-ring (bicyclic) bond motifs is 2. The summed E-state index contributed by atoms with van der Waals surface area (Å²) in [5.41, 5.74) is 1.79. The predicted molar refractivity (Wildman–Crippen MR) is 180 cm³/mol. The van der Waals surface area contributed by atoms with Gasteiger partial charge in [-0.3, -0.25) is 10.1 Å². The van der Waals surface area contributed by atoms with Gasteiger partial charge in [-0.1, -0.05) is 31.2 Å². The Labute approximate surface area is 274 Å². The maximum Gasteiger partial charge on any atom is 0.413 e. The number of aliphatic hydroxyl groups excluding tert-OH is 1. The molecule has 0 bridgehead atoms. The molecule has 1 aliphatic heterocycles. The van der Waals surface area contributed by atoms with Crippen LogP contribution in [0.4, 0.5) is 16.3 Å². The monoisotopic (exact) mass is 670 g/mol. The normalized spacial score (nSPS) is 16.3. The molecule has 4 aromatic rings. The Balaban J connectivity index is 1.47. The first kappa shape index (κ1) is 33.6. The Morgan fingerprint density at radius 2 is 2.00 bits per heavy atom.